The molecule has 1 saturated heterocycles. The fourth-order valence-corrected chi connectivity index (χ4v) is 3.39. The minimum atomic E-state index is 0.716. The third kappa shape index (κ3) is 3.47. The summed E-state index contributed by atoms with van der Waals surface area (Å²) in [7, 11) is 6.45. The summed E-state index contributed by atoms with van der Waals surface area (Å²) >= 11 is 0. The third-order valence-corrected chi connectivity index (χ3v) is 4.55. The zero-order valence-corrected chi connectivity index (χ0v) is 14.0. The van der Waals surface area contributed by atoms with Crippen molar-refractivity contribution in [2.45, 2.75) is 25.8 Å². The molecule has 0 bridgehead atoms. The minimum Gasteiger partial charge on any atom is -0.311 e. The maximum absolute atomic E-state index is 4.87. The lowest BCUT2D eigenvalue weighted by Crippen LogP contribution is -2.33. The molecule has 0 aliphatic carbocycles. The van der Waals surface area contributed by atoms with Crippen LogP contribution in [0, 0.1) is 5.92 Å². The van der Waals surface area contributed by atoms with Gasteiger partial charge < -0.3 is 14.4 Å². The largest absolute Gasteiger partial charge is 0.311 e. The van der Waals surface area contributed by atoms with E-state index < -0.39 is 0 Å². The highest BCUT2D eigenvalue weighted by molar-refractivity contribution is 5.71. The molecule has 120 valence electrons. The maximum atomic E-state index is 4.87. The summed E-state index contributed by atoms with van der Waals surface area (Å²) in [5.74, 6) is 1.92. The highest BCUT2D eigenvalue weighted by Crippen LogP contribution is 2.22. The summed E-state index contributed by atoms with van der Waals surface area (Å²) in [6, 6.07) is 4.05. The van der Waals surface area contributed by atoms with E-state index in [2.05, 4.69) is 46.6 Å². The molecule has 3 heterocycles. The van der Waals surface area contributed by atoms with Crippen molar-refractivity contribution in [1.29, 1.82) is 0 Å². The zero-order chi connectivity index (χ0) is 15.5. The van der Waals surface area contributed by atoms with Gasteiger partial charge in [0.2, 0.25) is 0 Å². The van der Waals surface area contributed by atoms with Crippen molar-refractivity contribution in [2.24, 2.45) is 5.92 Å². The highest BCUT2D eigenvalue weighted by Gasteiger charge is 2.21. The lowest BCUT2D eigenvalue weighted by atomic mass is 9.95. The highest BCUT2D eigenvalue weighted by atomic mass is 15.2. The summed E-state index contributed by atoms with van der Waals surface area (Å²) in [5, 5.41) is 0. The predicted molar refractivity (Wildman–Crippen MR) is 90.0 cm³/mol. The maximum Gasteiger partial charge on any atom is 0.160 e. The van der Waals surface area contributed by atoms with Crippen LogP contribution in [0.1, 0.15) is 18.7 Å². The molecule has 1 fully saturated rings. The van der Waals surface area contributed by atoms with E-state index in [9.17, 15) is 0 Å². The van der Waals surface area contributed by atoms with Gasteiger partial charge in [0.15, 0.2) is 5.65 Å². The molecule has 1 atom stereocenters. The van der Waals surface area contributed by atoms with Gasteiger partial charge in [-0.2, -0.15) is 0 Å². The van der Waals surface area contributed by atoms with Crippen LogP contribution in [0.25, 0.3) is 11.2 Å². The Bertz CT molecular complexity index is 619. The molecule has 0 N–H and O–H groups in total. The van der Waals surface area contributed by atoms with Crippen LogP contribution in [0.5, 0.6) is 0 Å². The van der Waals surface area contributed by atoms with Gasteiger partial charge in [0.05, 0.1) is 0 Å². The standard InChI is InChI=1S/C17H27N5/c1-20(2)10-11-22-16(12-14-6-5-9-21(3)13-14)19-15-7-4-8-18-17(15)22/h4,7-8,14H,5-6,9-13H2,1-3H3. The summed E-state index contributed by atoms with van der Waals surface area (Å²) in [6.07, 6.45) is 5.55. The van der Waals surface area contributed by atoms with Crippen molar-refractivity contribution in [3.8, 4) is 0 Å². The van der Waals surface area contributed by atoms with Crippen molar-refractivity contribution >= 4 is 11.2 Å². The molecule has 5 heteroatoms. The number of likely N-dealkylation sites (tertiary alicyclic amines) is 1. The fraction of sp³-hybridized carbons (Fsp3) is 0.647. The van der Waals surface area contributed by atoms with Gasteiger partial charge in [-0.05, 0) is 58.6 Å². The van der Waals surface area contributed by atoms with Gasteiger partial charge in [0.25, 0.3) is 0 Å². The molecule has 0 saturated carbocycles. The quantitative estimate of drug-likeness (QED) is 0.845. The molecule has 0 aromatic carbocycles. The second kappa shape index (κ2) is 6.75. The number of rotatable bonds is 5. The van der Waals surface area contributed by atoms with Crippen LogP contribution in [-0.4, -0.2) is 65.1 Å². The Kier molecular flexibility index (Phi) is 4.74. The average molecular weight is 301 g/mol. The lowest BCUT2D eigenvalue weighted by molar-refractivity contribution is 0.206. The molecule has 1 aliphatic heterocycles. The van der Waals surface area contributed by atoms with E-state index in [0.717, 1.165) is 30.7 Å². The van der Waals surface area contributed by atoms with Crippen molar-refractivity contribution in [3.05, 3.63) is 24.2 Å². The van der Waals surface area contributed by atoms with Crippen molar-refractivity contribution < 1.29 is 0 Å². The zero-order valence-electron chi connectivity index (χ0n) is 14.0. The molecule has 0 spiro atoms. The van der Waals surface area contributed by atoms with Crippen LogP contribution in [0.3, 0.4) is 0 Å². The molecule has 3 rings (SSSR count). The lowest BCUT2D eigenvalue weighted by Gasteiger charge is -2.29. The van der Waals surface area contributed by atoms with Crippen LogP contribution in [-0.2, 0) is 13.0 Å². The number of nitrogens with zero attached hydrogens (tertiary/aromatic N) is 5. The normalized spacial score (nSPS) is 20.1. The SMILES string of the molecule is CN(C)CCn1c(CC2CCCN(C)C2)nc2cccnc21. The van der Waals surface area contributed by atoms with Gasteiger partial charge in [-0.25, -0.2) is 9.97 Å². The average Bonchev–Trinajstić information content (AvgIpc) is 2.82. The second-order valence-corrected chi connectivity index (χ2v) is 6.80. The van der Waals surface area contributed by atoms with Crippen molar-refractivity contribution in [2.75, 3.05) is 40.8 Å². The molecule has 0 amide bonds. The number of piperidine rings is 1. The smallest absolute Gasteiger partial charge is 0.160 e. The van der Waals surface area contributed by atoms with Gasteiger partial charge in [-0.3, -0.25) is 0 Å². The van der Waals surface area contributed by atoms with Crippen LogP contribution < -0.4 is 0 Å². The first-order chi connectivity index (χ1) is 10.6. The predicted octanol–water partition coefficient (Wildman–Crippen LogP) is 1.88. The topological polar surface area (TPSA) is 37.2 Å². The molecule has 1 aliphatic rings. The number of likely N-dealkylation sites (N-methyl/N-ethyl adjacent to an activating group) is 1. The number of fused-ring (bicyclic) bond motifs is 1. The van der Waals surface area contributed by atoms with E-state index >= 15 is 0 Å². The second-order valence-electron chi connectivity index (χ2n) is 6.80. The Morgan fingerprint density at radius 2 is 2.23 bits per heavy atom. The molecule has 2 aromatic rings. The van der Waals surface area contributed by atoms with Crippen molar-refractivity contribution in [3.63, 3.8) is 0 Å². The number of hydrogen-bond acceptors (Lipinski definition) is 4. The first-order valence-electron chi connectivity index (χ1n) is 8.27. The van der Waals surface area contributed by atoms with Gasteiger partial charge in [0.1, 0.15) is 11.3 Å². The number of hydrogen-bond donors (Lipinski definition) is 0. The summed E-state index contributed by atoms with van der Waals surface area (Å²) in [4.78, 5) is 14.1. The number of aromatic nitrogens is 3. The Balaban J connectivity index is 1.85. The van der Waals surface area contributed by atoms with E-state index in [0.29, 0.717) is 5.92 Å². The summed E-state index contributed by atoms with van der Waals surface area (Å²) < 4.78 is 2.32. The Labute approximate surface area is 132 Å². The molecule has 22 heavy (non-hydrogen) atoms. The van der Waals surface area contributed by atoms with Gasteiger partial charge in [0, 0.05) is 32.3 Å². The van der Waals surface area contributed by atoms with Crippen molar-refractivity contribution in [1.82, 2.24) is 24.3 Å². The Morgan fingerprint density at radius 3 is 3.00 bits per heavy atom. The van der Waals surface area contributed by atoms with E-state index in [1.54, 1.807) is 0 Å². The minimum absolute atomic E-state index is 0.716. The molecular weight excluding hydrogens is 274 g/mol. The van der Waals surface area contributed by atoms with Gasteiger partial charge in [-0.1, -0.05) is 0 Å². The Hall–Kier alpha value is -1.46. The van der Waals surface area contributed by atoms with Crippen LogP contribution in [0.2, 0.25) is 0 Å². The Morgan fingerprint density at radius 1 is 1.36 bits per heavy atom. The first-order valence-corrected chi connectivity index (χ1v) is 8.27. The van der Waals surface area contributed by atoms with Gasteiger partial charge in [-0.15, -0.1) is 0 Å². The van der Waals surface area contributed by atoms with E-state index in [4.69, 9.17) is 4.98 Å². The van der Waals surface area contributed by atoms with E-state index in [1.165, 1.54) is 31.8 Å². The molecular formula is C17H27N5. The number of imidazole rings is 1. The number of pyridine rings is 1. The van der Waals surface area contributed by atoms with Crippen LogP contribution >= 0.6 is 0 Å². The van der Waals surface area contributed by atoms with E-state index in [1.807, 2.05) is 12.3 Å². The summed E-state index contributed by atoms with van der Waals surface area (Å²) in [6.45, 7) is 4.39. The third-order valence-electron chi connectivity index (χ3n) is 4.55. The molecule has 5 nitrogen and oxygen atoms in total. The molecule has 2 aromatic heterocycles. The van der Waals surface area contributed by atoms with E-state index in [-0.39, 0.29) is 0 Å². The molecule has 1 unspecified atom stereocenters. The van der Waals surface area contributed by atoms with Crippen LogP contribution in [0.4, 0.5) is 0 Å². The van der Waals surface area contributed by atoms with Crippen LogP contribution in [0.15, 0.2) is 18.3 Å². The molecule has 0 radical (unpaired) electrons. The van der Waals surface area contributed by atoms with Gasteiger partial charge >= 0.3 is 0 Å². The first kappa shape index (κ1) is 15.4. The fourth-order valence-electron chi connectivity index (χ4n) is 3.39. The summed E-state index contributed by atoms with van der Waals surface area (Å²) in [5.41, 5.74) is 2.06. The monoisotopic (exact) mass is 301 g/mol.